The van der Waals surface area contributed by atoms with Crippen LogP contribution in [0.5, 0.6) is 5.75 Å². The second kappa shape index (κ2) is 21.0. The number of likely N-dealkylation sites (N-methyl/N-ethyl adjacent to an activating group) is 1. The number of nitrogens with one attached hydrogen (secondary N) is 1. The van der Waals surface area contributed by atoms with Crippen molar-refractivity contribution in [1.82, 2.24) is 15.1 Å². The summed E-state index contributed by atoms with van der Waals surface area (Å²) < 4.78 is 17.4. The fourth-order valence-corrected chi connectivity index (χ4v) is 8.12. The molecule has 2 heterocycles. The van der Waals surface area contributed by atoms with Gasteiger partial charge in [-0.2, -0.15) is 0 Å². The Hall–Kier alpha value is -4.94. The number of ether oxygens (including phenoxy) is 3. The van der Waals surface area contributed by atoms with E-state index in [9.17, 15) is 19.2 Å². The summed E-state index contributed by atoms with van der Waals surface area (Å²) >= 11 is 7.89. The SMILES string of the molecule is CN(CCOc1ccc(C(=C(CCCl)c2ccccc2)c2ccccc2)cc1)C(=O)CCOCCOCCSc1cccc2c1CN(C1CCC(=O)NC1=O)C2=O. The molecule has 0 aromatic heterocycles. The number of carbonyl (C=O) groups excluding carboxylic acids is 4. The van der Waals surface area contributed by atoms with Crippen LogP contribution in [0.2, 0.25) is 0 Å². The average molecular weight is 810 g/mol. The third kappa shape index (κ3) is 11.1. The van der Waals surface area contributed by atoms with E-state index in [4.69, 9.17) is 25.8 Å². The molecule has 10 nitrogen and oxygen atoms in total. The molecule has 0 radical (unpaired) electrons. The van der Waals surface area contributed by atoms with Crippen LogP contribution in [-0.2, 0) is 30.4 Å². The zero-order valence-corrected chi connectivity index (χ0v) is 33.7. The van der Waals surface area contributed by atoms with Gasteiger partial charge in [0.1, 0.15) is 18.4 Å². The van der Waals surface area contributed by atoms with Gasteiger partial charge in [-0.15, -0.1) is 23.4 Å². The van der Waals surface area contributed by atoms with Crippen molar-refractivity contribution in [2.75, 3.05) is 58.3 Å². The number of allylic oxidation sites excluding steroid dienone is 1. The highest BCUT2D eigenvalue weighted by molar-refractivity contribution is 7.99. The number of piperidine rings is 1. The highest BCUT2D eigenvalue weighted by atomic mass is 35.5. The smallest absolute Gasteiger partial charge is 0.255 e. The molecule has 12 heteroatoms. The summed E-state index contributed by atoms with van der Waals surface area (Å²) in [6, 6.07) is 33.7. The Balaban J connectivity index is 0.870. The first-order chi connectivity index (χ1) is 27.8. The first-order valence-electron chi connectivity index (χ1n) is 19.3. The molecule has 2 aliphatic rings. The fraction of sp³-hybridized carbons (Fsp3) is 0.333. The molecule has 1 atom stereocenters. The Kier molecular flexibility index (Phi) is 15.4. The van der Waals surface area contributed by atoms with E-state index < -0.39 is 11.9 Å². The van der Waals surface area contributed by atoms with Crippen molar-refractivity contribution in [2.24, 2.45) is 0 Å². The lowest BCUT2D eigenvalue weighted by molar-refractivity contribution is -0.137. The van der Waals surface area contributed by atoms with Crippen LogP contribution in [0.1, 0.15) is 58.3 Å². The Bertz CT molecular complexity index is 2030. The minimum atomic E-state index is -0.637. The maximum atomic E-state index is 13.1. The van der Waals surface area contributed by atoms with E-state index >= 15 is 0 Å². The van der Waals surface area contributed by atoms with Crippen LogP contribution in [0.25, 0.3) is 11.1 Å². The van der Waals surface area contributed by atoms with Gasteiger partial charge in [0.15, 0.2) is 0 Å². The van der Waals surface area contributed by atoms with Crippen molar-refractivity contribution in [1.29, 1.82) is 0 Å². The van der Waals surface area contributed by atoms with E-state index in [-0.39, 0.29) is 30.6 Å². The molecule has 0 spiro atoms. The van der Waals surface area contributed by atoms with Gasteiger partial charge >= 0.3 is 0 Å². The standard InChI is InChI=1S/C45H48ClN3O7S/c1-48(24-26-56-35-17-15-34(16-18-35)43(33-11-6-3-7-12-33)36(21-23-46)32-9-4-2-5-10-32)42(51)22-25-54-27-28-55-29-30-57-40-14-8-13-37-38(40)31-49(45(37)53)39-19-20-41(50)47-44(39)52/h2-18,39H,19-31H2,1H3,(H,47,50,52). The molecule has 0 bridgehead atoms. The molecule has 4 aromatic rings. The summed E-state index contributed by atoms with van der Waals surface area (Å²) in [7, 11) is 1.76. The van der Waals surface area contributed by atoms with Gasteiger partial charge in [0, 0.05) is 42.1 Å². The Morgan fingerprint density at radius 1 is 0.807 bits per heavy atom. The van der Waals surface area contributed by atoms with Gasteiger partial charge in [-0.3, -0.25) is 24.5 Å². The van der Waals surface area contributed by atoms with Crippen LogP contribution in [0.3, 0.4) is 0 Å². The van der Waals surface area contributed by atoms with Gasteiger partial charge in [-0.25, -0.2) is 0 Å². The fourth-order valence-electron chi connectivity index (χ4n) is 6.99. The van der Waals surface area contributed by atoms with Gasteiger partial charge in [-0.05, 0) is 70.5 Å². The summed E-state index contributed by atoms with van der Waals surface area (Å²) in [5.74, 6) is 0.986. The lowest BCUT2D eigenvalue weighted by atomic mass is 9.88. The van der Waals surface area contributed by atoms with E-state index in [0.717, 1.165) is 44.9 Å². The molecule has 298 valence electrons. The second-order valence-electron chi connectivity index (χ2n) is 13.7. The number of halogens is 1. The number of amides is 4. The van der Waals surface area contributed by atoms with E-state index in [1.165, 1.54) is 5.57 Å². The maximum Gasteiger partial charge on any atom is 0.255 e. The zero-order chi connectivity index (χ0) is 40.0. The van der Waals surface area contributed by atoms with E-state index in [2.05, 4.69) is 41.7 Å². The molecule has 0 aliphatic carbocycles. The number of imide groups is 1. The molecular formula is C45H48ClN3O7S. The summed E-state index contributed by atoms with van der Waals surface area (Å²) in [6.45, 7) is 2.69. The highest BCUT2D eigenvalue weighted by Gasteiger charge is 2.39. The number of rotatable bonds is 20. The first-order valence-corrected chi connectivity index (χ1v) is 20.8. The summed E-state index contributed by atoms with van der Waals surface area (Å²) in [6.07, 6.45) is 1.55. The monoisotopic (exact) mass is 809 g/mol. The number of alkyl halides is 1. The molecule has 57 heavy (non-hydrogen) atoms. The number of thioether (sulfide) groups is 1. The maximum absolute atomic E-state index is 13.1. The van der Waals surface area contributed by atoms with Crippen LogP contribution >= 0.6 is 23.4 Å². The van der Waals surface area contributed by atoms with Crippen LogP contribution in [0, 0.1) is 0 Å². The van der Waals surface area contributed by atoms with Gasteiger partial charge < -0.3 is 24.0 Å². The molecule has 0 saturated carbocycles. The number of carbonyl (C=O) groups is 4. The van der Waals surface area contributed by atoms with Crippen molar-refractivity contribution in [3.63, 3.8) is 0 Å². The molecular weight excluding hydrogens is 762 g/mol. The number of hydrogen-bond donors (Lipinski definition) is 1. The number of hydrogen-bond acceptors (Lipinski definition) is 8. The Morgan fingerprint density at radius 2 is 1.49 bits per heavy atom. The highest BCUT2D eigenvalue weighted by Crippen LogP contribution is 2.36. The van der Waals surface area contributed by atoms with Crippen molar-refractivity contribution in [3.05, 3.63) is 131 Å². The average Bonchev–Trinajstić information content (AvgIpc) is 3.57. The van der Waals surface area contributed by atoms with E-state index in [1.54, 1.807) is 34.7 Å². The van der Waals surface area contributed by atoms with Crippen molar-refractivity contribution >= 4 is 58.1 Å². The molecule has 6 rings (SSSR count). The van der Waals surface area contributed by atoms with Crippen molar-refractivity contribution < 1.29 is 33.4 Å². The molecule has 4 aromatic carbocycles. The van der Waals surface area contributed by atoms with Crippen LogP contribution in [0.15, 0.2) is 108 Å². The quantitative estimate of drug-likeness (QED) is 0.0331. The largest absolute Gasteiger partial charge is 0.492 e. The predicted molar refractivity (Wildman–Crippen MR) is 223 cm³/mol. The Labute approximate surface area is 343 Å². The molecule has 1 N–H and O–H groups in total. The van der Waals surface area contributed by atoms with Crippen molar-refractivity contribution in [3.8, 4) is 5.75 Å². The third-order valence-corrected chi connectivity index (χ3v) is 11.2. The minimum absolute atomic E-state index is 0.0262. The van der Waals surface area contributed by atoms with Gasteiger partial charge in [0.05, 0.1) is 39.4 Å². The van der Waals surface area contributed by atoms with Gasteiger partial charge in [-0.1, -0.05) is 78.9 Å². The van der Waals surface area contributed by atoms with E-state index in [0.29, 0.717) is 69.7 Å². The lowest BCUT2D eigenvalue weighted by Gasteiger charge is -2.29. The molecule has 2 aliphatic heterocycles. The zero-order valence-electron chi connectivity index (χ0n) is 32.1. The summed E-state index contributed by atoms with van der Waals surface area (Å²) in [5.41, 5.74) is 7.16. The van der Waals surface area contributed by atoms with Crippen LogP contribution in [-0.4, -0.2) is 97.7 Å². The van der Waals surface area contributed by atoms with Crippen LogP contribution in [0.4, 0.5) is 0 Å². The normalized spacial score (nSPS) is 15.6. The Morgan fingerprint density at radius 3 is 2.19 bits per heavy atom. The summed E-state index contributed by atoms with van der Waals surface area (Å²) in [4.78, 5) is 53.9. The minimum Gasteiger partial charge on any atom is -0.492 e. The van der Waals surface area contributed by atoms with E-state index in [1.807, 2.05) is 60.7 Å². The predicted octanol–water partition coefficient (Wildman–Crippen LogP) is 7.09. The topological polar surface area (TPSA) is 114 Å². The second-order valence-corrected chi connectivity index (χ2v) is 15.2. The molecule has 1 unspecified atom stereocenters. The third-order valence-electron chi connectivity index (χ3n) is 9.95. The molecule has 4 amide bonds. The molecule has 1 saturated heterocycles. The number of nitrogens with zero attached hydrogens (tertiary/aromatic N) is 2. The van der Waals surface area contributed by atoms with Crippen molar-refractivity contribution in [2.45, 2.75) is 43.2 Å². The van der Waals surface area contributed by atoms with Crippen LogP contribution < -0.4 is 10.1 Å². The van der Waals surface area contributed by atoms with Gasteiger partial charge in [0.25, 0.3) is 5.91 Å². The lowest BCUT2D eigenvalue weighted by Crippen LogP contribution is -2.52. The molecule has 1 fully saturated rings. The number of benzene rings is 4. The summed E-state index contributed by atoms with van der Waals surface area (Å²) in [5, 5.41) is 2.34. The van der Waals surface area contributed by atoms with Gasteiger partial charge in [0.2, 0.25) is 17.7 Å². The first kappa shape index (κ1) is 41.7. The number of fused-ring (bicyclic) bond motifs is 1.